The van der Waals surface area contributed by atoms with E-state index in [1.165, 1.54) is 6.21 Å². The molecule has 3 aromatic carbocycles. The molecule has 0 atom stereocenters. The minimum Gasteiger partial charge on any atom is -0.457 e. The third-order valence-corrected chi connectivity index (χ3v) is 4.71. The zero-order chi connectivity index (χ0) is 20.5. The number of halogens is 1. The van der Waals surface area contributed by atoms with Crippen LogP contribution in [0.5, 0.6) is 11.5 Å². The van der Waals surface area contributed by atoms with Gasteiger partial charge in [-0.25, -0.2) is 5.43 Å². The predicted octanol–water partition coefficient (Wildman–Crippen LogP) is 3.96. The standard InChI is InChI=1S/C22H18IN3O3/c23-20-12-5-4-11-19(20)22(28)24-15-21(27)26-25-14-16-7-6-10-18(13-16)29-17-8-2-1-3-9-17/h1-14H,15H2,(H,24,28)(H,26,27)/b25-14-. The molecular weight excluding hydrogens is 481 g/mol. The lowest BCUT2D eigenvalue weighted by molar-refractivity contribution is -0.120. The Morgan fingerprint density at radius 3 is 2.45 bits per heavy atom. The number of hydrogen-bond acceptors (Lipinski definition) is 4. The molecule has 3 aromatic rings. The van der Waals surface area contributed by atoms with Gasteiger partial charge in [0.2, 0.25) is 0 Å². The van der Waals surface area contributed by atoms with Crippen molar-refractivity contribution < 1.29 is 14.3 Å². The molecule has 0 aromatic heterocycles. The molecule has 7 heteroatoms. The minimum absolute atomic E-state index is 0.168. The first-order chi connectivity index (χ1) is 14.1. The van der Waals surface area contributed by atoms with Crippen LogP contribution in [0.1, 0.15) is 15.9 Å². The number of hydrazone groups is 1. The molecule has 29 heavy (non-hydrogen) atoms. The van der Waals surface area contributed by atoms with Crippen molar-refractivity contribution in [2.24, 2.45) is 5.10 Å². The van der Waals surface area contributed by atoms with E-state index in [2.05, 4.69) is 38.4 Å². The minimum atomic E-state index is -0.419. The normalized spacial score (nSPS) is 10.5. The summed E-state index contributed by atoms with van der Waals surface area (Å²) < 4.78 is 6.58. The molecular formula is C22H18IN3O3. The van der Waals surface area contributed by atoms with Gasteiger partial charge in [-0.05, 0) is 64.6 Å². The van der Waals surface area contributed by atoms with E-state index in [4.69, 9.17) is 4.74 Å². The Kier molecular flexibility index (Phi) is 7.34. The Balaban J connectivity index is 1.49. The van der Waals surface area contributed by atoms with Gasteiger partial charge >= 0.3 is 0 Å². The highest BCUT2D eigenvalue weighted by Gasteiger charge is 2.10. The van der Waals surface area contributed by atoms with Crippen LogP contribution in [0.2, 0.25) is 0 Å². The van der Waals surface area contributed by atoms with Crippen LogP contribution >= 0.6 is 22.6 Å². The van der Waals surface area contributed by atoms with Crippen LogP contribution in [-0.2, 0) is 4.79 Å². The topological polar surface area (TPSA) is 79.8 Å². The zero-order valence-electron chi connectivity index (χ0n) is 15.3. The molecule has 0 aliphatic heterocycles. The van der Waals surface area contributed by atoms with Gasteiger partial charge in [-0.1, -0.05) is 42.5 Å². The Hall–Kier alpha value is -3.20. The van der Waals surface area contributed by atoms with Gasteiger partial charge in [0.1, 0.15) is 11.5 Å². The number of amides is 2. The van der Waals surface area contributed by atoms with E-state index in [9.17, 15) is 9.59 Å². The first-order valence-corrected chi connectivity index (χ1v) is 9.87. The smallest absolute Gasteiger partial charge is 0.259 e. The molecule has 0 radical (unpaired) electrons. The Morgan fingerprint density at radius 2 is 1.66 bits per heavy atom. The van der Waals surface area contributed by atoms with Crippen LogP contribution in [0.3, 0.4) is 0 Å². The quantitative estimate of drug-likeness (QED) is 0.294. The van der Waals surface area contributed by atoms with Gasteiger partial charge in [-0.15, -0.1) is 0 Å². The van der Waals surface area contributed by atoms with Crippen molar-refractivity contribution in [1.82, 2.24) is 10.7 Å². The number of hydrogen-bond donors (Lipinski definition) is 2. The number of rotatable bonds is 7. The summed E-state index contributed by atoms with van der Waals surface area (Å²) in [5.41, 5.74) is 3.69. The summed E-state index contributed by atoms with van der Waals surface area (Å²) in [6.07, 6.45) is 1.51. The van der Waals surface area contributed by atoms with E-state index in [0.717, 1.165) is 14.9 Å². The zero-order valence-corrected chi connectivity index (χ0v) is 17.5. The third kappa shape index (κ3) is 6.42. The number of carbonyl (C=O) groups excluding carboxylic acids is 2. The summed E-state index contributed by atoms with van der Waals surface area (Å²) >= 11 is 2.08. The molecule has 0 saturated heterocycles. The highest BCUT2D eigenvalue weighted by atomic mass is 127. The van der Waals surface area contributed by atoms with Crippen molar-refractivity contribution in [2.45, 2.75) is 0 Å². The van der Waals surface area contributed by atoms with E-state index in [0.29, 0.717) is 11.3 Å². The molecule has 2 amide bonds. The summed E-state index contributed by atoms with van der Waals surface area (Å²) in [5, 5.41) is 6.50. The van der Waals surface area contributed by atoms with Gasteiger partial charge in [0.15, 0.2) is 0 Å². The maximum Gasteiger partial charge on any atom is 0.259 e. The molecule has 2 N–H and O–H groups in total. The molecule has 0 fully saturated rings. The Bertz CT molecular complexity index is 1020. The van der Waals surface area contributed by atoms with Crippen LogP contribution < -0.4 is 15.5 Å². The highest BCUT2D eigenvalue weighted by Crippen LogP contribution is 2.21. The maximum absolute atomic E-state index is 12.1. The fraction of sp³-hybridized carbons (Fsp3) is 0.0455. The monoisotopic (exact) mass is 499 g/mol. The van der Waals surface area contributed by atoms with Crippen molar-refractivity contribution in [3.8, 4) is 11.5 Å². The molecule has 0 aliphatic carbocycles. The van der Waals surface area contributed by atoms with Crippen molar-refractivity contribution >= 4 is 40.6 Å². The molecule has 3 rings (SSSR count). The van der Waals surface area contributed by atoms with E-state index >= 15 is 0 Å². The first-order valence-electron chi connectivity index (χ1n) is 8.79. The molecule has 0 spiro atoms. The average Bonchev–Trinajstić information content (AvgIpc) is 2.73. The molecule has 0 unspecified atom stereocenters. The Morgan fingerprint density at radius 1 is 0.931 bits per heavy atom. The van der Waals surface area contributed by atoms with Crippen LogP contribution in [0.4, 0.5) is 0 Å². The largest absolute Gasteiger partial charge is 0.457 e. The van der Waals surface area contributed by atoms with E-state index in [1.807, 2.05) is 66.7 Å². The summed E-state index contributed by atoms with van der Waals surface area (Å²) in [4.78, 5) is 24.0. The second kappa shape index (κ2) is 10.4. The van der Waals surface area contributed by atoms with Crippen molar-refractivity contribution in [3.05, 3.63) is 93.6 Å². The summed E-state index contributed by atoms with van der Waals surface area (Å²) in [6, 6.07) is 23.9. The number of nitrogens with zero attached hydrogens (tertiary/aromatic N) is 1. The van der Waals surface area contributed by atoms with E-state index < -0.39 is 5.91 Å². The average molecular weight is 499 g/mol. The number of ether oxygens (including phenoxy) is 1. The lowest BCUT2D eigenvalue weighted by Crippen LogP contribution is -2.35. The van der Waals surface area contributed by atoms with Crippen molar-refractivity contribution in [3.63, 3.8) is 0 Å². The third-order valence-electron chi connectivity index (χ3n) is 3.77. The van der Waals surface area contributed by atoms with Crippen LogP contribution in [0, 0.1) is 3.57 Å². The van der Waals surface area contributed by atoms with Gasteiger partial charge in [0.25, 0.3) is 11.8 Å². The molecule has 146 valence electrons. The lowest BCUT2D eigenvalue weighted by atomic mass is 10.2. The van der Waals surface area contributed by atoms with E-state index in [1.54, 1.807) is 12.1 Å². The predicted molar refractivity (Wildman–Crippen MR) is 120 cm³/mol. The van der Waals surface area contributed by atoms with Crippen LogP contribution in [0.15, 0.2) is 84.0 Å². The van der Waals surface area contributed by atoms with Gasteiger partial charge < -0.3 is 10.1 Å². The maximum atomic E-state index is 12.1. The van der Waals surface area contributed by atoms with E-state index in [-0.39, 0.29) is 12.5 Å². The van der Waals surface area contributed by atoms with Crippen LogP contribution in [-0.4, -0.2) is 24.6 Å². The molecule has 6 nitrogen and oxygen atoms in total. The van der Waals surface area contributed by atoms with Crippen molar-refractivity contribution in [2.75, 3.05) is 6.54 Å². The molecule has 0 bridgehead atoms. The fourth-order valence-corrected chi connectivity index (χ4v) is 3.03. The fourth-order valence-electron chi connectivity index (χ4n) is 2.40. The van der Waals surface area contributed by atoms with Gasteiger partial charge in [0.05, 0.1) is 18.3 Å². The van der Waals surface area contributed by atoms with Crippen molar-refractivity contribution in [1.29, 1.82) is 0 Å². The highest BCUT2D eigenvalue weighted by molar-refractivity contribution is 14.1. The SMILES string of the molecule is O=C(CNC(=O)c1ccccc1I)N/N=C\c1cccc(Oc2ccccc2)c1. The van der Waals surface area contributed by atoms with Crippen LogP contribution in [0.25, 0.3) is 0 Å². The lowest BCUT2D eigenvalue weighted by Gasteiger charge is -2.06. The molecule has 0 aliphatic rings. The van der Waals surface area contributed by atoms with Gasteiger partial charge in [-0.2, -0.15) is 5.10 Å². The second-order valence-corrected chi connectivity index (χ2v) is 7.11. The number of nitrogens with one attached hydrogen (secondary N) is 2. The molecule has 0 heterocycles. The first kappa shape index (κ1) is 20.5. The van der Waals surface area contributed by atoms with Gasteiger partial charge in [0, 0.05) is 3.57 Å². The number of benzene rings is 3. The number of carbonyl (C=O) groups is 2. The summed E-state index contributed by atoms with van der Waals surface area (Å²) in [7, 11) is 0. The Labute approximate surface area is 182 Å². The number of para-hydroxylation sites is 1. The van der Waals surface area contributed by atoms with Gasteiger partial charge in [-0.3, -0.25) is 9.59 Å². The second-order valence-electron chi connectivity index (χ2n) is 5.94. The molecule has 0 saturated carbocycles. The summed E-state index contributed by atoms with van der Waals surface area (Å²) in [5.74, 6) is 0.673. The summed E-state index contributed by atoms with van der Waals surface area (Å²) in [6.45, 7) is -0.168.